The van der Waals surface area contributed by atoms with Crippen LogP contribution in [0.5, 0.6) is 0 Å². The van der Waals surface area contributed by atoms with Gasteiger partial charge in [-0.15, -0.1) is 11.3 Å². The number of imide groups is 1. The average molecular weight is 558 g/mol. The number of piperidine rings is 1. The van der Waals surface area contributed by atoms with Gasteiger partial charge in [-0.05, 0) is 31.4 Å². The highest BCUT2D eigenvalue weighted by Crippen LogP contribution is 2.39. The molecule has 3 aromatic rings. The van der Waals surface area contributed by atoms with Crippen LogP contribution in [0.25, 0.3) is 10.2 Å². The van der Waals surface area contributed by atoms with Gasteiger partial charge in [-0.2, -0.15) is 0 Å². The van der Waals surface area contributed by atoms with Gasteiger partial charge in [0.1, 0.15) is 24.0 Å². The Morgan fingerprint density at radius 2 is 2.11 bits per heavy atom. The van der Waals surface area contributed by atoms with Crippen LogP contribution in [0.2, 0.25) is 5.02 Å². The lowest BCUT2D eigenvalue weighted by Crippen LogP contribution is -2.52. The van der Waals surface area contributed by atoms with E-state index in [1.807, 2.05) is 6.07 Å². The number of rotatable bonds is 5. The number of alkyl carbamates (subject to hydrolysis) is 1. The van der Waals surface area contributed by atoms with Crippen LogP contribution in [0.15, 0.2) is 23.8 Å². The molecular formula is C25H21ClFN5O5S. The molecule has 1 aromatic carbocycles. The van der Waals surface area contributed by atoms with Gasteiger partial charge in [0.2, 0.25) is 11.8 Å². The van der Waals surface area contributed by atoms with Crippen LogP contribution < -0.4 is 10.6 Å². The van der Waals surface area contributed by atoms with Crippen LogP contribution in [0, 0.1) is 5.82 Å². The number of aromatic nitrogens is 2. The number of hydrogen-bond donors (Lipinski definition) is 2. The van der Waals surface area contributed by atoms with Crippen molar-refractivity contribution < 1.29 is 28.3 Å². The predicted molar refractivity (Wildman–Crippen MR) is 134 cm³/mol. The molecule has 1 unspecified atom stereocenters. The van der Waals surface area contributed by atoms with Gasteiger partial charge < -0.3 is 15.0 Å². The highest BCUT2D eigenvalue weighted by molar-refractivity contribution is 7.16. The van der Waals surface area contributed by atoms with E-state index in [-0.39, 0.29) is 53.1 Å². The SMILES string of the molecule is O=C1CCC(N2Cc3c(Cl)cc(COC(=O)NC4CC(c5nccc6scnc56)C4)c(F)c3C2=O)C(=O)N1. The van der Waals surface area contributed by atoms with Crippen molar-refractivity contribution in [1.82, 2.24) is 25.5 Å². The second-order valence-corrected chi connectivity index (χ2v) is 10.9. The second-order valence-electron chi connectivity index (χ2n) is 9.57. The van der Waals surface area contributed by atoms with Crippen molar-refractivity contribution in [2.45, 2.75) is 56.8 Å². The van der Waals surface area contributed by atoms with Gasteiger partial charge in [0.05, 0.1) is 21.5 Å². The molecule has 0 bridgehead atoms. The highest BCUT2D eigenvalue weighted by Gasteiger charge is 2.42. The Balaban J connectivity index is 1.07. The summed E-state index contributed by atoms with van der Waals surface area (Å²) in [6.45, 7) is -0.476. The Hall–Kier alpha value is -3.64. The minimum absolute atomic E-state index is 0.0479. The van der Waals surface area contributed by atoms with E-state index < -0.39 is 42.3 Å². The minimum Gasteiger partial charge on any atom is -0.445 e. The normalized spacial score (nSPS) is 22.7. The van der Waals surface area contributed by atoms with E-state index in [9.17, 15) is 19.2 Å². The molecular weight excluding hydrogens is 537 g/mol. The van der Waals surface area contributed by atoms with E-state index in [2.05, 4.69) is 20.6 Å². The molecule has 2 aliphatic heterocycles. The molecule has 1 aliphatic carbocycles. The van der Waals surface area contributed by atoms with Crippen LogP contribution in [-0.2, 0) is 27.5 Å². The average Bonchev–Trinajstić information content (AvgIpc) is 3.48. The molecule has 10 nitrogen and oxygen atoms in total. The van der Waals surface area contributed by atoms with Crippen molar-refractivity contribution in [3.8, 4) is 0 Å². The summed E-state index contributed by atoms with van der Waals surface area (Å²) in [5, 5.41) is 5.11. The first-order valence-corrected chi connectivity index (χ1v) is 13.3. The molecule has 38 heavy (non-hydrogen) atoms. The Morgan fingerprint density at radius 3 is 2.89 bits per heavy atom. The fourth-order valence-electron chi connectivity index (χ4n) is 5.24. The van der Waals surface area contributed by atoms with E-state index in [1.165, 1.54) is 11.0 Å². The number of nitrogens with zero attached hydrogens (tertiary/aromatic N) is 3. The molecule has 2 fully saturated rings. The van der Waals surface area contributed by atoms with Gasteiger partial charge in [0, 0.05) is 47.3 Å². The first-order valence-electron chi connectivity index (χ1n) is 12.1. The largest absolute Gasteiger partial charge is 0.445 e. The summed E-state index contributed by atoms with van der Waals surface area (Å²) >= 11 is 7.90. The Bertz CT molecular complexity index is 1510. The number of thiazole rings is 1. The maximum absolute atomic E-state index is 15.3. The van der Waals surface area contributed by atoms with Crippen molar-refractivity contribution in [2.75, 3.05) is 0 Å². The summed E-state index contributed by atoms with van der Waals surface area (Å²) in [5.41, 5.74) is 3.56. The standard InChI is InChI=1S/C25H21ClFN5O5S/c26-15-7-12(20(27)19-14(15)8-32(24(19)35)16-1-2-18(33)31-23(16)34)9-37-25(36)30-13-5-11(6-13)21-22-17(3-4-28-21)38-10-29-22/h3-4,7,10-11,13,16H,1-2,5-6,8-9H2,(H,30,36)(H,31,33,34). The summed E-state index contributed by atoms with van der Waals surface area (Å²) in [4.78, 5) is 59.2. The smallest absolute Gasteiger partial charge is 0.407 e. The zero-order valence-electron chi connectivity index (χ0n) is 19.8. The van der Waals surface area contributed by atoms with Gasteiger partial charge in [-0.1, -0.05) is 11.6 Å². The van der Waals surface area contributed by atoms with E-state index in [1.54, 1.807) is 23.0 Å². The predicted octanol–water partition coefficient (Wildman–Crippen LogP) is 3.42. The number of amides is 4. The molecule has 13 heteroatoms. The molecule has 196 valence electrons. The van der Waals surface area contributed by atoms with Crippen LogP contribution >= 0.6 is 22.9 Å². The number of benzene rings is 1. The summed E-state index contributed by atoms with van der Waals surface area (Å²) in [6.07, 6.45) is 2.65. The molecule has 2 aromatic heterocycles. The van der Waals surface area contributed by atoms with E-state index in [0.717, 1.165) is 15.9 Å². The molecule has 1 atom stereocenters. The summed E-state index contributed by atoms with van der Waals surface area (Å²) < 4.78 is 21.7. The molecule has 1 saturated carbocycles. The zero-order valence-corrected chi connectivity index (χ0v) is 21.4. The minimum atomic E-state index is -0.891. The number of carbonyl (C=O) groups excluding carboxylic acids is 4. The third kappa shape index (κ3) is 4.27. The van der Waals surface area contributed by atoms with Crippen molar-refractivity contribution in [2.24, 2.45) is 0 Å². The molecule has 0 spiro atoms. The van der Waals surface area contributed by atoms with Crippen molar-refractivity contribution in [3.63, 3.8) is 0 Å². The first-order chi connectivity index (χ1) is 18.3. The Kier molecular flexibility index (Phi) is 6.23. The van der Waals surface area contributed by atoms with Gasteiger partial charge in [0.25, 0.3) is 5.91 Å². The number of carbonyl (C=O) groups is 4. The number of halogens is 2. The number of hydrogen-bond acceptors (Lipinski definition) is 8. The molecule has 0 radical (unpaired) electrons. The maximum Gasteiger partial charge on any atom is 0.407 e. The Morgan fingerprint density at radius 1 is 1.29 bits per heavy atom. The van der Waals surface area contributed by atoms with Gasteiger partial charge in [0.15, 0.2) is 0 Å². The molecule has 4 amide bonds. The van der Waals surface area contributed by atoms with Gasteiger partial charge in [-0.25, -0.2) is 14.2 Å². The van der Waals surface area contributed by atoms with Crippen molar-refractivity contribution in [1.29, 1.82) is 0 Å². The third-order valence-electron chi connectivity index (χ3n) is 7.26. The summed E-state index contributed by atoms with van der Waals surface area (Å²) in [5.74, 6) is -2.37. The molecule has 6 rings (SSSR count). The number of ether oxygens (including phenoxy) is 1. The molecule has 2 N–H and O–H groups in total. The van der Waals surface area contributed by atoms with E-state index in [0.29, 0.717) is 12.8 Å². The number of fused-ring (bicyclic) bond motifs is 2. The quantitative estimate of drug-likeness (QED) is 0.460. The summed E-state index contributed by atoms with van der Waals surface area (Å²) in [6, 6.07) is 2.24. The third-order valence-corrected chi connectivity index (χ3v) is 8.40. The highest BCUT2D eigenvalue weighted by atomic mass is 35.5. The Labute approximate surface area is 224 Å². The molecule has 3 aliphatic rings. The number of pyridine rings is 1. The lowest BCUT2D eigenvalue weighted by molar-refractivity contribution is -0.136. The molecule has 1 saturated heterocycles. The van der Waals surface area contributed by atoms with Crippen LogP contribution in [0.3, 0.4) is 0 Å². The molecule has 4 heterocycles. The first kappa shape index (κ1) is 24.7. The van der Waals surface area contributed by atoms with Gasteiger partial charge >= 0.3 is 6.09 Å². The van der Waals surface area contributed by atoms with Crippen LogP contribution in [-0.4, -0.2) is 50.8 Å². The lowest BCUT2D eigenvalue weighted by Gasteiger charge is -2.35. The maximum atomic E-state index is 15.3. The van der Waals surface area contributed by atoms with E-state index in [4.69, 9.17) is 16.3 Å². The fourth-order valence-corrected chi connectivity index (χ4v) is 6.20. The van der Waals surface area contributed by atoms with Crippen LogP contribution in [0.1, 0.15) is 58.8 Å². The second kappa shape index (κ2) is 9.59. The topological polar surface area (TPSA) is 131 Å². The fraction of sp³-hybridized carbons (Fsp3) is 0.360. The monoisotopic (exact) mass is 557 g/mol. The summed E-state index contributed by atoms with van der Waals surface area (Å²) in [7, 11) is 0. The van der Waals surface area contributed by atoms with E-state index >= 15 is 4.39 Å². The zero-order chi connectivity index (χ0) is 26.6. The number of nitrogens with one attached hydrogen (secondary N) is 2. The lowest BCUT2D eigenvalue weighted by atomic mass is 9.77. The van der Waals surface area contributed by atoms with Crippen LogP contribution in [0.4, 0.5) is 9.18 Å². The van der Waals surface area contributed by atoms with Gasteiger partial charge in [-0.3, -0.25) is 24.7 Å². The van der Waals surface area contributed by atoms with Crippen molar-refractivity contribution >= 4 is 57.0 Å². The van der Waals surface area contributed by atoms with Crippen molar-refractivity contribution in [3.05, 3.63) is 57.1 Å².